The standard InChI is InChI=1S/C17H19FN4O3/c1-3-22-9-13(8-19-22)20-17(24)16-15(21(2)14(23)10-25-16)11-5-4-6-12(18)7-11/h4-9,15-16H,3,10H2,1-2H3,(H,20,24)/t15-,16+/m0/s1. The summed E-state index contributed by atoms with van der Waals surface area (Å²) in [4.78, 5) is 26.1. The lowest BCUT2D eigenvalue weighted by Gasteiger charge is -2.38. The summed E-state index contributed by atoms with van der Waals surface area (Å²) in [5, 5.41) is 6.83. The average molecular weight is 346 g/mol. The summed E-state index contributed by atoms with van der Waals surface area (Å²) >= 11 is 0. The van der Waals surface area contributed by atoms with Gasteiger partial charge < -0.3 is 15.0 Å². The smallest absolute Gasteiger partial charge is 0.256 e. The van der Waals surface area contributed by atoms with E-state index in [2.05, 4.69) is 10.4 Å². The number of anilines is 1. The zero-order valence-electron chi connectivity index (χ0n) is 14.0. The topological polar surface area (TPSA) is 76.5 Å². The third kappa shape index (κ3) is 3.53. The second-order valence-electron chi connectivity index (χ2n) is 5.81. The Bertz CT molecular complexity index is 792. The van der Waals surface area contributed by atoms with Crippen molar-refractivity contribution in [2.75, 3.05) is 19.0 Å². The number of halogens is 1. The number of amides is 2. The Balaban J connectivity index is 1.86. The van der Waals surface area contributed by atoms with Crippen LogP contribution in [0.2, 0.25) is 0 Å². The van der Waals surface area contributed by atoms with Crippen molar-refractivity contribution < 1.29 is 18.7 Å². The lowest BCUT2D eigenvalue weighted by atomic mass is 9.97. The number of aryl methyl sites for hydroxylation is 1. The number of morpholine rings is 1. The zero-order valence-corrected chi connectivity index (χ0v) is 14.0. The molecule has 2 amide bonds. The van der Waals surface area contributed by atoms with Gasteiger partial charge in [0.05, 0.1) is 17.9 Å². The Morgan fingerprint density at radius 3 is 2.96 bits per heavy atom. The molecule has 1 aromatic heterocycles. The Labute approximate surface area is 144 Å². The monoisotopic (exact) mass is 346 g/mol. The highest BCUT2D eigenvalue weighted by Crippen LogP contribution is 2.30. The molecule has 1 saturated heterocycles. The first kappa shape index (κ1) is 17.1. The zero-order chi connectivity index (χ0) is 18.0. The summed E-state index contributed by atoms with van der Waals surface area (Å²) in [6.45, 7) is 2.41. The van der Waals surface area contributed by atoms with Gasteiger partial charge in [-0.15, -0.1) is 0 Å². The van der Waals surface area contributed by atoms with Crippen LogP contribution in [0.5, 0.6) is 0 Å². The molecule has 0 bridgehead atoms. The number of hydrogen-bond acceptors (Lipinski definition) is 4. The van der Waals surface area contributed by atoms with Gasteiger partial charge in [0.2, 0.25) is 5.91 Å². The molecule has 2 heterocycles. The van der Waals surface area contributed by atoms with Crippen LogP contribution >= 0.6 is 0 Å². The van der Waals surface area contributed by atoms with Crippen LogP contribution in [0.4, 0.5) is 10.1 Å². The van der Waals surface area contributed by atoms with Gasteiger partial charge in [0, 0.05) is 19.8 Å². The number of likely N-dealkylation sites (N-methyl/N-ethyl adjacent to an activating group) is 1. The summed E-state index contributed by atoms with van der Waals surface area (Å²) in [6, 6.07) is 5.11. The molecule has 0 unspecified atom stereocenters. The van der Waals surface area contributed by atoms with E-state index >= 15 is 0 Å². The Morgan fingerprint density at radius 2 is 2.28 bits per heavy atom. The second-order valence-corrected chi connectivity index (χ2v) is 5.81. The van der Waals surface area contributed by atoms with Crippen molar-refractivity contribution >= 4 is 17.5 Å². The van der Waals surface area contributed by atoms with Gasteiger partial charge in [-0.1, -0.05) is 12.1 Å². The van der Waals surface area contributed by atoms with Crippen LogP contribution in [-0.4, -0.2) is 46.3 Å². The molecular formula is C17H19FN4O3. The minimum absolute atomic E-state index is 0.200. The molecule has 1 aliphatic rings. The van der Waals surface area contributed by atoms with Gasteiger partial charge in [-0.05, 0) is 24.6 Å². The quantitative estimate of drug-likeness (QED) is 0.912. The van der Waals surface area contributed by atoms with Crippen molar-refractivity contribution in [2.45, 2.75) is 25.6 Å². The lowest BCUT2D eigenvalue weighted by molar-refractivity contribution is -0.160. The molecule has 2 aromatic rings. The third-order valence-corrected chi connectivity index (χ3v) is 4.16. The molecule has 1 N–H and O–H groups in total. The van der Waals surface area contributed by atoms with Crippen LogP contribution in [0.15, 0.2) is 36.7 Å². The minimum atomic E-state index is -0.950. The van der Waals surface area contributed by atoms with E-state index in [4.69, 9.17) is 4.74 Å². The van der Waals surface area contributed by atoms with E-state index in [1.54, 1.807) is 24.0 Å². The number of nitrogens with zero attached hydrogens (tertiary/aromatic N) is 3. The van der Waals surface area contributed by atoms with E-state index in [0.29, 0.717) is 17.8 Å². The van der Waals surface area contributed by atoms with E-state index in [9.17, 15) is 14.0 Å². The number of nitrogens with one attached hydrogen (secondary N) is 1. The van der Waals surface area contributed by atoms with Crippen molar-refractivity contribution in [3.05, 3.63) is 48.0 Å². The van der Waals surface area contributed by atoms with E-state index in [-0.39, 0.29) is 12.5 Å². The number of carbonyl (C=O) groups excluding carboxylic acids is 2. The summed E-state index contributed by atoms with van der Waals surface area (Å²) in [7, 11) is 1.58. The minimum Gasteiger partial charge on any atom is -0.356 e. The fourth-order valence-electron chi connectivity index (χ4n) is 2.83. The van der Waals surface area contributed by atoms with Crippen molar-refractivity contribution in [1.82, 2.24) is 14.7 Å². The molecule has 8 heteroatoms. The van der Waals surface area contributed by atoms with E-state index in [1.165, 1.54) is 29.3 Å². The molecule has 1 aliphatic heterocycles. The molecule has 25 heavy (non-hydrogen) atoms. The summed E-state index contributed by atoms with van der Waals surface area (Å²) < 4.78 is 20.8. The summed E-state index contributed by atoms with van der Waals surface area (Å²) in [5.41, 5.74) is 1.04. The normalized spacial score (nSPS) is 20.6. The van der Waals surface area contributed by atoms with Gasteiger partial charge in [-0.3, -0.25) is 14.3 Å². The molecule has 0 spiro atoms. The van der Waals surface area contributed by atoms with Crippen LogP contribution in [0.1, 0.15) is 18.5 Å². The molecule has 1 aromatic carbocycles. The summed E-state index contributed by atoms with van der Waals surface area (Å²) in [5.74, 6) is -1.12. The van der Waals surface area contributed by atoms with E-state index in [1.807, 2.05) is 6.92 Å². The number of carbonyl (C=O) groups is 2. The fourth-order valence-corrected chi connectivity index (χ4v) is 2.83. The van der Waals surface area contributed by atoms with Gasteiger partial charge in [-0.25, -0.2) is 4.39 Å². The van der Waals surface area contributed by atoms with Crippen LogP contribution in [-0.2, 0) is 20.9 Å². The van der Waals surface area contributed by atoms with Gasteiger partial charge in [0.1, 0.15) is 12.4 Å². The number of aromatic nitrogens is 2. The highest BCUT2D eigenvalue weighted by molar-refractivity contribution is 5.96. The first-order chi connectivity index (χ1) is 12.0. The molecular weight excluding hydrogens is 327 g/mol. The first-order valence-electron chi connectivity index (χ1n) is 7.95. The van der Waals surface area contributed by atoms with Gasteiger partial charge in [0.25, 0.3) is 5.91 Å². The Hall–Kier alpha value is -2.74. The second kappa shape index (κ2) is 7.02. The summed E-state index contributed by atoms with van der Waals surface area (Å²) in [6.07, 6.45) is 2.29. The maximum Gasteiger partial charge on any atom is 0.256 e. The largest absolute Gasteiger partial charge is 0.356 e. The SMILES string of the molecule is CCn1cc(NC(=O)[C@@H]2OCC(=O)N(C)[C@H]2c2cccc(F)c2)cn1. The molecule has 132 valence electrons. The number of hydrogen-bond donors (Lipinski definition) is 1. The molecule has 7 nitrogen and oxygen atoms in total. The van der Waals surface area contributed by atoms with Crippen molar-refractivity contribution in [3.8, 4) is 0 Å². The highest BCUT2D eigenvalue weighted by Gasteiger charge is 2.40. The average Bonchev–Trinajstić information content (AvgIpc) is 3.04. The predicted octanol–water partition coefficient (Wildman–Crippen LogP) is 1.58. The molecule has 1 fully saturated rings. The Kier molecular flexibility index (Phi) is 4.80. The van der Waals surface area contributed by atoms with Crippen LogP contribution in [0.3, 0.4) is 0 Å². The first-order valence-corrected chi connectivity index (χ1v) is 7.95. The van der Waals surface area contributed by atoms with Gasteiger partial charge >= 0.3 is 0 Å². The maximum absolute atomic E-state index is 13.6. The lowest BCUT2D eigenvalue weighted by Crippen LogP contribution is -2.51. The van der Waals surface area contributed by atoms with Crippen LogP contribution in [0.25, 0.3) is 0 Å². The molecule has 3 rings (SSSR count). The van der Waals surface area contributed by atoms with E-state index < -0.39 is 23.9 Å². The third-order valence-electron chi connectivity index (χ3n) is 4.16. The van der Waals surface area contributed by atoms with Crippen LogP contribution < -0.4 is 5.32 Å². The van der Waals surface area contributed by atoms with E-state index in [0.717, 1.165) is 0 Å². The highest BCUT2D eigenvalue weighted by atomic mass is 19.1. The molecule has 0 radical (unpaired) electrons. The van der Waals surface area contributed by atoms with Crippen LogP contribution in [0, 0.1) is 5.82 Å². The van der Waals surface area contributed by atoms with Crippen molar-refractivity contribution in [1.29, 1.82) is 0 Å². The fraction of sp³-hybridized carbons (Fsp3) is 0.353. The van der Waals surface area contributed by atoms with Gasteiger partial charge in [0.15, 0.2) is 6.10 Å². The van der Waals surface area contributed by atoms with Crippen molar-refractivity contribution in [2.24, 2.45) is 0 Å². The predicted molar refractivity (Wildman–Crippen MR) is 88.2 cm³/mol. The maximum atomic E-state index is 13.6. The molecule has 0 aliphatic carbocycles. The number of rotatable bonds is 4. The number of ether oxygens (including phenoxy) is 1. The Morgan fingerprint density at radius 1 is 1.48 bits per heavy atom. The van der Waals surface area contributed by atoms with Crippen molar-refractivity contribution in [3.63, 3.8) is 0 Å². The molecule has 2 atom stereocenters. The van der Waals surface area contributed by atoms with Gasteiger partial charge in [-0.2, -0.15) is 5.10 Å². The molecule has 0 saturated carbocycles. The number of benzene rings is 1.